The van der Waals surface area contributed by atoms with Crippen LogP contribution in [0.15, 0.2) is 90.0 Å². The van der Waals surface area contributed by atoms with Crippen molar-refractivity contribution < 1.29 is 23.1 Å². The maximum atomic E-state index is 13.2. The Balaban J connectivity index is 1.32. The molecule has 0 atom stereocenters. The van der Waals surface area contributed by atoms with E-state index in [1.165, 1.54) is 7.11 Å². The number of ether oxygens (including phenoxy) is 1. The van der Waals surface area contributed by atoms with Crippen molar-refractivity contribution in [1.29, 1.82) is 0 Å². The SMILES string of the molecule is COc1cc(CS(=O)(=O)c2cccc3cccnc23)ccc1C(=O)N1CC(O)(Cc2ccccc2)C1. The van der Waals surface area contributed by atoms with Crippen molar-refractivity contribution in [3.05, 3.63) is 102 Å². The molecule has 0 aliphatic carbocycles. The van der Waals surface area contributed by atoms with Gasteiger partial charge in [0.05, 0.1) is 41.9 Å². The molecular formula is C28H26N2O5S. The van der Waals surface area contributed by atoms with Crippen LogP contribution in [0.2, 0.25) is 0 Å². The molecule has 0 spiro atoms. The second kappa shape index (κ2) is 9.37. The Labute approximate surface area is 209 Å². The molecule has 1 saturated heterocycles. The van der Waals surface area contributed by atoms with Crippen LogP contribution in [0, 0.1) is 0 Å². The molecular weight excluding hydrogens is 476 g/mol. The minimum absolute atomic E-state index is 0.165. The van der Waals surface area contributed by atoms with E-state index in [1.807, 2.05) is 42.5 Å². The molecule has 1 aromatic heterocycles. The maximum Gasteiger partial charge on any atom is 0.257 e. The molecule has 1 aliphatic heterocycles. The average Bonchev–Trinajstić information content (AvgIpc) is 2.86. The third-order valence-corrected chi connectivity index (χ3v) is 8.13. The van der Waals surface area contributed by atoms with Gasteiger partial charge in [0.15, 0.2) is 9.84 Å². The topological polar surface area (TPSA) is 96.8 Å². The van der Waals surface area contributed by atoms with E-state index < -0.39 is 15.4 Å². The van der Waals surface area contributed by atoms with Crippen LogP contribution in [0.4, 0.5) is 0 Å². The minimum atomic E-state index is -3.70. The number of hydrogen-bond donors (Lipinski definition) is 1. The Morgan fingerprint density at radius 3 is 2.50 bits per heavy atom. The van der Waals surface area contributed by atoms with Crippen molar-refractivity contribution in [1.82, 2.24) is 9.88 Å². The minimum Gasteiger partial charge on any atom is -0.496 e. The van der Waals surface area contributed by atoms with E-state index >= 15 is 0 Å². The van der Waals surface area contributed by atoms with Crippen LogP contribution in [0.3, 0.4) is 0 Å². The highest BCUT2D eigenvalue weighted by molar-refractivity contribution is 7.90. The smallest absolute Gasteiger partial charge is 0.257 e. The zero-order valence-electron chi connectivity index (χ0n) is 19.8. The third-order valence-electron chi connectivity index (χ3n) is 6.42. The first-order valence-electron chi connectivity index (χ1n) is 11.6. The molecule has 3 aromatic carbocycles. The first-order valence-corrected chi connectivity index (χ1v) is 13.2. The zero-order chi connectivity index (χ0) is 25.3. The summed E-state index contributed by atoms with van der Waals surface area (Å²) < 4.78 is 31.9. The first-order chi connectivity index (χ1) is 17.3. The molecule has 4 aromatic rings. The Morgan fingerprint density at radius 2 is 1.75 bits per heavy atom. The summed E-state index contributed by atoms with van der Waals surface area (Å²) in [6.45, 7) is 0.433. The van der Waals surface area contributed by atoms with Gasteiger partial charge in [0.1, 0.15) is 11.4 Å². The van der Waals surface area contributed by atoms with Gasteiger partial charge in [0.25, 0.3) is 5.91 Å². The number of para-hydroxylation sites is 1. The van der Waals surface area contributed by atoms with Gasteiger partial charge in [-0.05, 0) is 35.4 Å². The van der Waals surface area contributed by atoms with Gasteiger partial charge < -0.3 is 14.7 Å². The Kier molecular flexibility index (Phi) is 6.24. The number of fused-ring (bicyclic) bond motifs is 1. The number of β-amino-alcohol motifs (C(OH)–C–C–N with tert-alkyl or cyclic N) is 1. The van der Waals surface area contributed by atoms with Crippen LogP contribution in [-0.4, -0.2) is 55.1 Å². The molecule has 184 valence electrons. The predicted octanol–water partition coefficient (Wildman–Crippen LogP) is 3.65. The van der Waals surface area contributed by atoms with Crippen LogP contribution in [0.1, 0.15) is 21.5 Å². The fraction of sp³-hybridized carbons (Fsp3) is 0.214. The number of likely N-dealkylation sites (tertiary alicyclic amines) is 1. The van der Waals surface area contributed by atoms with Crippen molar-refractivity contribution in [2.75, 3.05) is 20.2 Å². The number of aliphatic hydroxyl groups is 1. The predicted molar refractivity (Wildman–Crippen MR) is 137 cm³/mol. The van der Waals surface area contributed by atoms with Crippen molar-refractivity contribution in [2.24, 2.45) is 0 Å². The molecule has 1 amide bonds. The largest absolute Gasteiger partial charge is 0.496 e. The van der Waals surface area contributed by atoms with Crippen LogP contribution in [-0.2, 0) is 22.0 Å². The fourth-order valence-electron chi connectivity index (χ4n) is 4.69. The fourth-order valence-corrected chi connectivity index (χ4v) is 6.22. The first kappa shape index (κ1) is 24.0. The molecule has 5 rings (SSSR count). The van der Waals surface area contributed by atoms with Crippen molar-refractivity contribution in [2.45, 2.75) is 22.7 Å². The lowest BCUT2D eigenvalue weighted by Crippen LogP contribution is -2.64. The number of hydrogen-bond acceptors (Lipinski definition) is 6. The van der Waals surface area contributed by atoms with Gasteiger partial charge in [-0.25, -0.2) is 8.42 Å². The monoisotopic (exact) mass is 502 g/mol. The summed E-state index contributed by atoms with van der Waals surface area (Å²) >= 11 is 0. The summed E-state index contributed by atoms with van der Waals surface area (Å²) in [6, 6.07) is 23.1. The number of benzene rings is 3. The number of carbonyl (C=O) groups is 1. The Hall–Kier alpha value is -3.75. The number of sulfone groups is 1. The lowest BCUT2D eigenvalue weighted by Gasteiger charge is -2.46. The summed E-state index contributed by atoms with van der Waals surface area (Å²) in [7, 11) is -2.25. The van der Waals surface area contributed by atoms with Gasteiger partial charge in [-0.15, -0.1) is 0 Å². The summed E-state index contributed by atoms with van der Waals surface area (Å²) in [5.41, 5.74) is 1.30. The van der Waals surface area contributed by atoms with Crippen LogP contribution < -0.4 is 4.74 Å². The van der Waals surface area contributed by atoms with E-state index in [2.05, 4.69) is 4.98 Å². The second-order valence-electron chi connectivity index (χ2n) is 9.17. The number of nitrogens with zero attached hydrogens (tertiary/aromatic N) is 2. The van der Waals surface area contributed by atoms with E-state index in [-0.39, 0.29) is 29.6 Å². The van der Waals surface area contributed by atoms with Crippen LogP contribution in [0.5, 0.6) is 5.75 Å². The normalized spacial score (nSPS) is 14.9. The molecule has 1 N–H and O–H groups in total. The Bertz CT molecular complexity index is 1530. The Morgan fingerprint density at radius 1 is 1.00 bits per heavy atom. The van der Waals surface area contributed by atoms with Gasteiger partial charge in [-0.3, -0.25) is 9.78 Å². The number of rotatable bonds is 7. The molecule has 2 heterocycles. The number of methoxy groups -OCH3 is 1. The average molecular weight is 503 g/mol. The summed E-state index contributed by atoms with van der Waals surface area (Å²) in [4.78, 5) is 19.1. The molecule has 0 bridgehead atoms. The van der Waals surface area contributed by atoms with E-state index in [9.17, 15) is 18.3 Å². The highest BCUT2D eigenvalue weighted by atomic mass is 32.2. The van der Waals surface area contributed by atoms with Crippen molar-refractivity contribution in [3.8, 4) is 5.75 Å². The zero-order valence-corrected chi connectivity index (χ0v) is 20.6. The number of amides is 1. The van der Waals surface area contributed by atoms with Crippen molar-refractivity contribution in [3.63, 3.8) is 0 Å². The molecule has 8 heteroatoms. The van der Waals surface area contributed by atoms with Gasteiger partial charge >= 0.3 is 0 Å². The highest BCUT2D eigenvalue weighted by Gasteiger charge is 2.44. The summed E-state index contributed by atoms with van der Waals surface area (Å²) in [6.07, 6.45) is 2.04. The molecule has 36 heavy (non-hydrogen) atoms. The standard InChI is InChI=1S/C28H26N2O5S/c1-35-24-15-21(17-36(33,34)25-11-5-9-22-10-6-14-29-26(22)25)12-13-23(24)27(31)30-18-28(32,19-30)16-20-7-3-2-4-8-20/h2-15,32H,16-19H2,1H3. The molecule has 1 fully saturated rings. The molecule has 0 radical (unpaired) electrons. The number of pyridine rings is 1. The summed E-state index contributed by atoms with van der Waals surface area (Å²) in [5, 5.41) is 11.6. The lowest BCUT2D eigenvalue weighted by atomic mass is 9.86. The molecule has 0 unspecified atom stereocenters. The quantitative estimate of drug-likeness (QED) is 0.414. The number of aromatic nitrogens is 1. The summed E-state index contributed by atoms with van der Waals surface area (Å²) in [5.74, 6) is -0.229. The lowest BCUT2D eigenvalue weighted by molar-refractivity contribution is -0.0800. The number of carbonyl (C=O) groups excluding carboxylic acids is 1. The maximum absolute atomic E-state index is 13.2. The molecule has 7 nitrogen and oxygen atoms in total. The second-order valence-corrected chi connectivity index (χ2v) is 11.1. The third kappa shape index (κ3) is 4.69. The van der Waals surface area contributed by atoms with Gasteiger partial charge in [-0.1, -0.05) is 54.6 Å². The molecule has 0 saturated carbocycles. The van der Waals surface area contributed by atoms with E-state index in [1.54, 1.807) is 47.5 Å². The highest BCUT2D eigenvalue weighted by Crippen LogP contribution is 2.31. The molecule has 1 aliphatic rings. The van der Waals surface area contributed by atoms with E-state index in [4.69, 9.17) is 4.74 Å². The van der Waals surface area contributed by atoms with Crippen LogP contribution >= 0.6 is 0 Å². The van der Waals surface area contributed by atoms with Crippen molar-refractivity contribution >= 4 is 26.6 Å². The van der Waals surface area contributed by atoms with E-state index in [0.29, 0.717) is 28.8 Å². The van der Waals surface area contributed by atoms with Gasteiger partial charge in [0, 0.05) is 18.0 Å². The van der Waals surface area contributed by atoms with Gasteiger partial charge in [0.2, 0.25) is 0 Å². The van der Waals surface area contributed by atoms with E-state index in [0.717, 1.165) is 10.9 Å². The van der Waals surface area contributed by atoms with Crippen LogP contribution in [0.25, 0.3) is 10.9 Å². The van der Waals surface area contributed by atoms with Gasteiger partial charge in [-0.2, -0.15) is 0 Å².